The Kier molecular flexibility index (Phi) is 27.4. The van der Waals surface area contributed by atoms with Crippen molar-refractivity contribution in [1.29, 1.82) is 0 Å². The molecule has 8 amide bonds. The molecule has 0 fully saturated rings. The second-order valence-electron chi connectivity index (χ2n) is 17.0. The molecule has 0 spiro atoms. The Bertz CT molecular complexity index is 1630. The second kappa shape index (κ2) is 29.9. The first-order chi connectivity index (χ1) is 30.2. The molecule has 0 radical (unpaired) electrons. The van der Waals surface area contributed by atoms with E-state index >= 15 is 0 Å². The van der Waals surface area contributed by atoms with Gasteiger partial charge in [-0.1, -0.05) is 48.0 Å². The van der Waals surface area contributed by atoms with Gasteiger partial charge in [0, 0.05) is 6.42 Å². The molecule has 0 saturated carbocycles. The number of carbonyl (C=O) groups excluding carboxylic acids is 8. The van der Waals surface area contributed by atoms with E-state index in [1.807, 2.05) is 0 Å². The number of rotatable bonds is 31. The third-order valence-electron chi connectivity index (χ3n) is 10.3. The van der Waals surface area contributed by atoms with E-state index in [0.29, 0.717) is 25.8 Å². The van der Waals surface area contributed by atoms with Crippen LogP contribution in [0.5, 0.6) is 0 Å². The fourth-order valence-corrected chi connectivity index (χ4v) is 6.08. The highest BCUT2D eigenvalue weighted by Gasteiger charge is 2.37. The van der Waals surface area contributed by atoms with Gasteiger partial charge < -0.3 is 74.4 Å². The number of nitrogens with two attached hydrogens (primary N) is 2. The highest BCUT2D eigenvalue weighted by atomic mass is 16.4. The van der Waals surface area contributed by atoms with Gasteiger partial charge in [0.25, 0.3) is 0 Å². The number of carboxylic acids is 2. The number of hydrogen-bond donors (Lipinski definition) is 14. The van der Waals surface area contributed by atoms with E-state index in [-0.39, 0.29) is 18.8 Å². The molecule has 24 nitrogen and oxygen atoms in total. The van der Waals surface area contributed by atoms with Gasteiger partial charge in [0.2, 0.25) is 47.3 Å². The zero-order chi connectivity index (χ0) is 50.3. The molecule has 24 heteroatoms. The Balaban J connectivity index is 6.24. The molecule has 0 unspecified atom stereocenters. The van der Waals surface area contributed by atoms with Crippen LogP contribution in [0.3, 0.4) is 0 Å². The van der Waals surface area contributed by atoms with Gasteiger partial charge in [-0.3, -0.25) is 43.2 Å². The third-order valence-corrected chi connectivity index (χ3v) is 10.3. The molecule has 0 rings (SSSR count). The molecule has 0 aliphatic carbocycles. The maximum Gasteiger partial charge on any atom is 0.326 e. The summed E-state index contributed by atoms with van der Waals surface area (Å²) in [4.78, 5) is 129. The van der Waals surface area contributed by atoms with E-state index in [0.717, 1.165) is 0 Å². The zero-order valence-corrected chi connectivity index (χ0v) is 38.9. The molecule has 372 valence electrons. The van der Waals surface area contributed by atoms with E-state index < -0.39 is 151 Å². The fraction of sp³-hybridized carbons (Fsp3) is 0.756. The minimum atomic E-state index is -1.75. The summed E-state index contributed by atoms with van der Waals surface area (Å²) in [6.07, 6.45) is -1.41. The number of unbranched alkanes of at least 4 members (excludes halogenated alkanes) is 1. The van der Waals surface area contributed by atoms with Crippen molar-refractivity contribution in [2.75, 3.05) is 13.2 Å². The van der Waals surface area contributed by atoms with Crippen LogP contribution in [0, 0.1) is 17.8 Å². The number of carboxylic acid groups (broad SMARTS) is 2. The minimum absolute atomic E-state index is 0.0224. The summed E-state index contributed by atoms with van der Waals surface area (Å²) in [6.45, 7) is 13.2. The number of nitrogens with one attached hydrogen (secondary N) is 8. The third kappa shape index (κ3) is 21.9. The lowest BCUT2D eigenvalue weighted by atomic mass is 9.96. The number of aliphatic hydroxyl groups excluding tert-OH is 2. The van der Waals surface area contributed by atoms with Crippen LogP contribution in [0.1, 0.15) is 107 Å². The lowest BCUT2D eigenvalue weighted by Gasteiger charge is -2.30. The molecular weight excluding hydrogens is 857 g/mol. The van der Waals surface area contributed by atoms with Crippen molar-refractivity contribution in [3.8, 4) is 0 Å². The molecule has 0 saturated heterocycles. The summed E-state index contributed by atoms with van der Waals surface area (Å²) in [7, 11) is 0. The summed E-state index contributed by atoms with van der Waals surface area (Å²) in [6, 6.07) is -12.4. The van der Waals surface area contributed by atoms with Gasteiger partial charge >= 0.3 is 11.9 Å². The topological polar surface area (TPSA) is 400 Å². The van der Waals surface area contributed by atoms with E-state index in [1.165, 1.54) is 20.8 Å². The Hall–Kier alpha value is -5.46. The molecule has 65 heavy (non-hydrogen) atoms. The molecule has 16 N–H and O–H groups in total. The average molecular weight is 931 g/mol. The van der Waals surface area contributed by atoms with E-state index in [9.17, 15) is 68.4 Å². The number of amides is 8. The highest BCUT2D eigenvalue weighted by molar-refractivity contribution is 5.98. The predicted octanol–water partition coefficient (Wildman–Crippen LogP) is -3.57. The van der Waals surface area contributed by atoms with Gasteiger partial charge in [-0.05, 0) is 77.2 Å². The molecule has 0 heterocycles. The van der Waals surface area contributed by atoms with Crippen molar-refractivity contribution in [3.05, 3.63) is 0 Å². The molecule has 0 aromatic rings. The summed E-state index contributed by atoms with van der Waals surface area (Å²) in [5.41, 5.74) is 11.1. The maximum absolute atomic E-state index is 13.8. The first-order valence-electron chi connectivity index (χ1n) is 21.8. The fourth-order valence-electron chi connectivity index (χ4n) is 6.08. The zero-order valence-electron chi connectivity index (χ0n) is 38.9. The van der Waals surface area contributed by atoms with Crippen molar-refractivity contribution < 1.29 is 68.4 Å². The van der Waals surface area contributed by atoms with Crippen molar-refractivity contribution in [2.45, 2.75) is 168 Å². The van der Waals surface area contributed by atoms with Gasteiger partial charge in [-0.25, -0.2) is 4.79 Å². The minimum Gasteiger partial charge on any atom is -0.481 e. The van der Waals surface area contributed by atoms with Crippen molar-refractivity contribution in [1.82, 2.24) is 42.5 Å². The van der Waals surface area contributed by atoms with Gasteiger partial charge in [0.1, 0.15) is 48.3 Å². The number of hydrogen-bond acceptors (Lipinski definition) is 14. The Morgan fingerprint density at radius 3 is 1.49 bits per heavy atom. The Labute approximate surface area is 379 Å². The molecular formula is C41H74N10O14. The lowest BCUT2D eigenvalue weighted by molar-refractivity contribution is -0.143. The van der Waals surface area contributed by atoms with Gasteiger partial charge in [-0.15, -0.1) is 0 Å². The molecule has 0 bridgehead atoms. The average Bonchev–Trinajstić information content (AvgIpc) is 3.21. The highest BCUT2D eigenvalue weighted by Crippen LogP contribution is 2.13. The van der Waals surface area contributed by atoms with Gasteiger partial charge in [0.05, 0.1) is 18.8 Å². The Morgan fingerprint density at radius 1 is 0.538 bits per heavy atom. The smallest absolute Gasteiger partial charge is 0.326 e. The normalized spacial score (nSPS) is 16.4. The largest absolute Gasteiger partial charge is 0.481 e. The Morgan fingerprint density at radius 2 is 1.02 bits per heavy atom. The first-order valence-corrected chi connectivity index (χ1v) is 21.8. The van der Waals surface area contributed by atoms with Gasteiger partial charge in [0.15, 0.2) is 0 Å². The number of carbonyl (C=O) groups is 10. The summed E-state index contributed by atoms with van der Waals surface area (Å²) in [5, 5.41) is 58.8. The van der Waals surface area contributed by atoms with Crippen LogP contribution in [0.25, 0.3) is 0 Å². The van der Waals surface area contributed by atoms with E-state index in [2.05, 4.69) is 42.5 Å². The van der Waals surface area contributed by atoms with Crippen LogP contribution >= 0.6 is 0 Å². The van der Waals surface area contributed by atoms with Crippen LogP contribution in [-0.2, 0) is 47.9 Å². The predicted molar refractivity (Wildman–Crippen MR) is 235 cm³/mol. The molecule has 0 aliphatic rings. The van der Waals surface area contributed by atoms with Crippen LogP contribution in [0.15, 0.2) is 0 Å². The summed E-state index contributed by atoms with van der Waals surface area (Å²) in [5.74, 6) is -11.2. The van der Waals surface area contributed by atoms with Crippen molar-refractivity contribution in [2.24, 2.45) is 29.2 Å². The number of aliphatic hydroxyl groups is 2. The van der Waals surface area contributed by atoms with Crippen LogP contribution in [0.2, 0.25) is 0 Å². The summed E-state index contributed by atoms with van der Waals surface area (Å²) >= 11 is 0. The van der Waals surface area contributed by atoms with Crippen LogP contribution < -0.4 is 54.0 Å². The molecule has 0 aliphatic heterocycles. The summed E-state index contributed by atoms with van der Waals surface area (Å²) < 4.78 is 0. The van der Waals surface area contributed by atoms with Crippen molar-refractivity contribution >= 4 is 59.2 Å². The lowest BCUT2D eigenvalue weighted by Crippen LogP contribution is -2.62. The van der Waals surface area contributed by atoms with E-state index in [4.69, 9.17) is 11.5 Å². The number of aliphatic carboxylic acids is 2. The monoisotopic (exact) mass is 931 g/mol. The molecule has 0 aromatic carbocycles. The van der Waals surface area contributed by atoms with Crippen LogP contribution in [0.4, 0.5) is 0 Å². The van der Waals surface area contributed by atoms with Crippen molar-refractivity contribution in [3.63, 3.8) is 0 Å². The van der Waals surface area contributed by atoms with E-state index in [1.54, 1.807) is 41.5 Å². The first kappa shape index (κ1) is 59.5. The second-order valence-corrected chi connectivity index (χ2v) is 17.0. The van der Waals surface area contributed by atoms with Gasteiger partial charge in [-0.2, -0.15) is 0 Å². The van der Waals surface area contributed by atoms with Crippen LogP contribution in [-0.4, -0.2) is 153 Å². The quantitative estimate of drug-likeness (QED) is 0.0299. The SMILES string of the molecule is CC[C@H](C)[C@H](NC(=O)[C@H](CC(C)C)NC(=O)[C@H](CO)NC(=O)[C@H](CCC(=O)O)NC(=O)[C@H](C)NC(=O)[C@@H](NC(=O)[C@H](C)N)C(C)C)C(=O)N[C@H](C(=O)N[C@@H](CCCCN)C(=O)O)[C@@H](C)O. The molecule has 11 atom stereocenters. The maximum atomic E-state index is 13.8. The molecule has 0 aromatic heterocycles. The standard InChI is InChI=1S/C41H74N10O14/c1-10-21(6)31(39(62)51-32(24(9)53)40(63)46-26(41(64)65)13-11-12-16-42)50-36(59)27(17-19(2)3)47-37(60)28(18-52)48-35(58)25(14-15-29(54)55)45-34(57)23(8)44-38(61)30(20(4)5)49-33(56)22(7)43/h19-28,30-32,52-53H,10-18,42-43H2,1-9H3,(H,44,61)(H,45,57)(H,46,63)(H,47,60)(H,48,58)(H,49,56)(H,50,59)(H,51,62)(H,54,55)(H,64,65)/t21-,22-,23-,24+,25-,26-,27-,28-,30-,31-,32-/m0/s1.